The number of hydrogen-bond acceptors (Lipinski definition) is 6. The lowest BCUT2D eigenvalue weighted by molar-refractivity contribution is -0.118. The minimum Gasteiger partial charge on any atom is -0.305 e. The van der Waals surface area contributed by atoms with E-state index in [-0.39, 0.29) is 18.3 Å². The van der Waals surface area contributed by atoms with Gasteiger partial charge in [0.25, 0.3) is 0 Å². The molecule has 3 rings (SSSR count). The van der Waals surface area contributed by atoms with E-state index in [4.69, 9.17) is 0 Å². The number of halogens is 1. The third-order valence-corrected chi connectivity index (χ3v) is 5.50. The summed E-state index contributed by atoms with van der Waals surface area (Å²) in [5.41, 5.74) is 1.76. The summed E-state index contributed by atoms with van der Waals surface area (Å²) in [5.74, 6) is -0.145. The van der Waals surface area contributed by atoms with Gasteiger partial charge in [-0.15, -0.1) is 35.1 Å². The number of nitrogens with one attached hydrogen (secondary N) is 2. The number of hydrogen-bond donors (Lipinski definition) is 2. The van der Waals surface area contributed by atoms with E-state index < -0.39 is 6.04 Å². The Morgan fingerprint density at radius 3 is 2.60 bits per heavy atom. The number of aryl methyl sites for hydroxylation is 3. The van der Waals surface area contributed by atoms with Crippen molar-refractivity contribution >= 4 is 46.1 Å². The molecular formula is C16H20ClN5OS2. The monoisotopic (exact) mass is 397 g/mol. The van der Waals surface area contributed by atoms with E-state index >= 15 is 0 Å². The highest BCUT2D eigenvalue weighted by atomic mass is 35.5. The maximum absolute atomic E-state index is 12.6. The smallest absolute Gasteiger partial charge is 0.247 e. The topological polar surface area (TPSA) is 71.8 Å². The van der Waals surface area contributed by atoms with Gasteiger partial charge < -0.3 is 10.6 Å². The van der Waals surface area contributed by atoms with Gasteiger partial charge in [-0.05, 0) is 33.0 Å². The van der Waals surface area contributed by atoms with Crippen LogP contribution in [0.3, 0.4) is 0 Å². The molecule has 0 saturated heterocycles. The van der Waals surface area contributed by atoms with E-state index in [9.17, 15) is 4.79 Å². The summed E-state index contributed by atoms with van der Waals surface area (Å²) in [6, 6.07) is 3.69. The minimum atomic E-state index is -0.463. The molecule has 0 aliphatic rings. The Bertz CT molecular complexity index is 870. The molecule has 0 aliphatic heterocycles. The van der Waals surface area contributed by atoms with Gasteiger partial charge in [-0.3, -0.25) is 9.48 Å². The summed E-state index contributed by atoms with van der Waals surface area (Å²) in [7, 11) is 3.58. The van der Waals surface area contributed by atoms with Gasteiger partial charge in [0.2, 0.25) is 5.91 Å². The predicted octanol–water partition coefficient (Wildman–Crippen LogP) is 3.54. The number of carbonyl (C=O) groups excluding carboxylic acids is 1. The molecular weight excluding hydrogens is 378 g/mol. The molecule has 1 atom stereocenters. The van der Waals surface area contributed by atoms with Crippen LogP contribution >= 0.6 is 35.1 Å². The van der Waals surface area contributed by atoms with Crippen molar-refractivity contribution in [1.29, 1.82) is 0 Å². The minimum absolute atomic E-state index is 0. The average Bonchev–Trinajstić information content (AvgIpc) is 3.21. The Hall–Kier alpha value is -1.74. The molecule has 9 heteroatoms. The molecule has 3 heterocycles. The van der Waals surface area contributed by atoms with Crippen molar-refractivity contribution in [2.24, 2.45) is 7.05 Å². The van der Waals surface area contributed by atoms with Crippen molar-refractivity contribution < 1.29 is 4.79 Å². The molecule has 0 aliphatic carbocycles. The van der Waals surface area contributed by atoms with Crippen LogP contribution in [0, 0.1) is 13.8 Å². The molecule has 0 spiro atoms. The fourth-order valence-electron chi connectivity index (χ4n) is 2.46. The van der Waals surface area contributed by atoms with Crippen molar-refractivity contribution in [1.82, 2.24) is 20.1 Å². The largest absolute Gasteiger partial charge is 0.305 e. The predicted molar refractivity (Wildman–Crippen MR) is 106 cm³/mol. The first kappa shape index (κ1) is 19.6. The first-order valence-electron chi connectivity index (χ1n) is 7.49. The van der Waals surface area contributed by atoms with E-state index in [0.717, 1.165) is 21.0 Å². The van der Waals surface area contributed by atoms with Gasteiger partial charge in [0.15, 0.2) is 5.13 Å². The zero-order valence-corrected chi connectivity index (χ0v) is 16.8. The quantitative estimate of drug-likeness (QED) is 0.690. The highest BCUT2D eigenvalue weighted by Gasteiger charge is 2.22. The van der Waals surface area contributed by atoms with Crippen LogP contribution in [0.2, 0.25) is 0 Å². The van der Waals surface area contributed by atoms with Gasteiger partial charge in [-0.25, -0.2) is 4.98 Å². The molecule has 1 amide bonds. The average molecular weight is 398 g/mol. The summed E-state index contributed by atoms with van der Waals surface area (Å²) >= 11 is 3.20. The molecule has 1 unspecified atom stereocenters. The van der Waals surface area contributed by atoms with Gasteiger partial charge in [-0.1, -0.05) is 0 Å². The van der Waals surface area contributed by atoms with Crippen molar-refractivity contribution in [2.45, 2.75) is 19.9 Å². The molecule has 0 bridgehead atoms. The van der Waals surface area contributed by atoms with Crippen LogP contribution in [0.25, 0.3) is 10.6 Å². The Morgan fingerprint density at radius 2 is 2.04 bits per heavy atom. The molecule has 0 radical (unpaired) electrons. The van der Waals surface area contributed by atoms with Crippen LogP contribution < -0.4 is 10.6 Å². The lowest BCUT2D eigenvalue weighted by Crippen LogP contribution is -2.30. The summed E-state index contributed by atoms with van der Waals surface area (Å²) in [5, 5.41) is 10.7. The molecule has 0 aromatic carbocycles. The SMILES string of the molecule is CNC(C(=O)Nc1nc(-c2ccc(C)s2)c(C)s1)c1cnn(C)c1.Cl. The third kappa shape index (κ3) is 4.27. The summed E-state index contributed by atoms with van der Waals surface area (Å²) in [6.07, 6.45) is 3.52. The second kappa shape index (κ2) is 8.09. The van der Waals surface area contributed by atoms with Gasteiger partial charge in [0.05, 0.1) is 16.8 Å². The normalized spacial score (nSPS) is 11.8. The number of anilines is 1. The first-order chi connectivity index (χ1) is 11.5. The number of aromatic nitrogens is 3. The fraction of sp³-hybridized carbons (Fsp3) is 0.312. The molecule has 6 nitrogen and oxygen atoms in total. The van der Waals surface area contributed by atoms with E-state index in [0.29, 0.717) is 5.13 Å². The van der Waals surface area contributed by atoms with E-state index in [1.807, 2.05) is 20.2 Å². The van der Waals surface area contributed by atoms with Crippen molar-refractivity contribution in [3.8, 4) is 10.6 Å². The van der Waals surface area contributed by atoms with Crippen molar-refractivity contribution in [2.75, 3.05) is 12.4 Å². The molecule has 2 N–H and O–H groups in total. The zero-order chi connectivity index (χ0) is 17.3. The summed E-state index contributed by atoms with van der Waals surface area (Å²) in [6.45, 7) is 4.10. The summed E-state index contributed by atoms with van der Waals surface area (Å²) < 4.78 is 1.68. The lowest BCUT2D eigenvalue weighted by Gasteiger charge is -2.12. The molecule has 25 heavy (non-hydrogen) atoms. The fourth-order valence-corrected chi connectivity index (χ4v) is 4.27. The van der Waals surface area contributed by atoms with E-state index in [1.165, 1.54) is 16.2 Å². The number of thiophene rings is 1. The zero-order valence-electron chi connectivity index (χ0n) is 14.4. The number of likely N-dealkylation sites (N-methyl/N-ethyl adjacent to an activating group) is 1. The highest BCUT2D eigenvalue weighted by Crippen LogP contribution is 2.34. The second-order valence-electron chi connectivity index (χ2n) is 5.49. The van der Waals surface area contributed by atoms with Crippen LogP contribution in [0.15, 0.2) is 24.5 Å². The van der Waals surface area contributed by atoms with Gasteiger partial charge >= 0.3 is 0 Å². The van der Waals surface area contributed by atoms with Crippen LogP contribution in [-0.4, -0.2) is 27.7 Å². The van der Waals surface area contributed by atoms with Crippen LogP contribution in [0.1, 0.15) is 21.4 Å². The van der Waals surface area contributed by atoms with Crippen LogP contribution in [0.5, 0.6) is 0 Å². The van der Waals surface area contributed by atoms with Crippen LogP contribution in [0.4, 0.5) is 5.13 Å². The molecule has 3 aromatic heterocycles. The maximum Gasteiger partial charge on any atom is 0.247 e. The van der Waals surface area contributed by atoms with Gasteiger partial charge in [0.1, 0.15) is 6.04 Å². The van der Waals surface area contributed by atoms with E-state index in [2.05, 4.69) is 39.8 Å². The van der Waals surface area contributed by atoms with Gasteiger partial charge in [-0.2, -0.15) is 5.10 Å². The Labute approximate surface area is 160 Å². The van der Waals surface area contributed by atoms with Crippen molar-refractivity contribution in [3.63, 3.8) is 0 Å². The highest BCUT2D eigenvalue weighted by molar-refractivity contribution is 7.18. The number of rotatable bonds is 5. The molecule has 134 valence electrons. The Kier molecular flexibility index (Phi) is 6.34. The standard InChI is InChI=1S/C16H19N5OS2.ClH/c1-9-5-6-12(23-9)13-10(2)24-16(19-13)20-15(22)14(17-3)11-7-18-21(4)8-11;/h5-8,14,17H,1-4H3,(H,19,20,22);1H. The number of amides is 1. The molecule has 0 fully saturated rings. The second-order valence-corrected chi connectivity index (χ2v) is 7.98. The molecule has 0 saturated carbocycles. The lowest BCUT2D eigenvalue weighted by atomic mass is 10.1. The molecule has 3 aromatic rings. The number of nitrogens with zero attached hydrogens (tertiary/aromatic N) is 3. The van der Waals surface area contributed by atoms with Crippen molar-refractivity contribution in [3.05, 3.63) is 39.8 Å². The summed E-state index contributed by atoms with van der Waals surface area (Å²) in [4.78, 5) is 20.6. The number of thiazole rings is 1. The Balaban J connectivity index is 0.00000225. The Morgan fingerprint density at radius 1 is 1.28 bits per heavy atom. The van der Waals surface area contributed by atoms with Crippen LogP contribution in [-0.2, 0) is 11.8 Å². The maximum atomic E-state index is 12.6. The van der Waals surface area contributed by atoms with Gasteiger partial charge in [0, 0.05) is 28.6 Å². The first-order valence-corrected chi connectivity index (χ1v) is 9.12. The number of carbonyl (C=O) groups is 1. The van der Waals surface area contributed by atoms with E-state index in [1.54, 1.807) is 29.3 Å². The third-order valence-electron chi connectivity index (χ3n) is 3.61.